The molecular weight excluding hydrogens is 200 g/mol. The topological polar surface area (TPSA) is 34.6 Å². The van der Waals surface area contributed by atoms with Crippen molar-refractivity contribution in [3.63, 3.8) is 0 Å². The molecular formula is C12H14N4. The van der Waals surface area contributed by atoms with Crippen molar-refractivity contribution >= 4 is 6.21 Å². The monoisotopic (exact) mass is 214 g/mol. The van der Waals surface area contributed by atoms with Crippen LogP contribution in [0.1, 0.15) is 5.56 Å². The van der Waals surface area contributed by atoms with Crippen molar-refractivity contribution in [1.29, 1.82) is 0 Å². The van der Waals surface area contributed by atoms with Crippen LogP contribution < -0.4 is 5.62 Å². The SMILES string of the molecule is CN=c1n(C)ccn1N=Cc1ccccc1. The van der Waals surface area contributed by atoms with Gasteiger partial charge in [-0.3, -0.25) is 4.99 Å². The maximum Gasteiger partial charge on any atom is 0.225 e. The molecule has 0 aliphatic carbocycles. The summed E-state index contributed by atoms with van der Waals surface area (Å²) in [5.74, 6) is 0. The molecule has 0 saturated heterocycles. The lowest BCUT2D eigenvalue weighted by Crippen LogP contribution is -2.21. The van der Waals surface area contributed by atoms with Gasteiger partial charge in [0.2, 0.25) is 5.62 Å². The molecule has 0 aliphatic heterocycles. The molecule has 0 aliphatic rings. The van der Waals surface area contributed by atoms with Crippen molar-refractivity contribution in [2.24, 2.45) is 17.1 Å². The van der Waals surface area contributed by atoms with Gasteiger partial charge in [-0.15, -0.1) is 0 Å². The Balaban J connectivity index is 2.32. The van der Waals surface area contributed by atoms with Crippen LogP contribution in [0.2, 0.25) is 0 Å². The first-order chi connectivity index (χ1) is 7.81. The molecule has 82 valence electrons. The van der Waals surface area contributed by atoms with Crippen LogP contribution >= 0.6 is 0 Å². The van der Waals surface area contributed by atoms with E-state index in [1.807, 2.05) is 60.6 Å². The molecule has 0 spiro atoms. The van der Waals surface area contributed by atoms with Crippen LogP contribution in [0, 0.1) is 0 Å². The van der Waals surface area contributed by atoms with Crippen LogP contribution in [0.4, 0.5) is 0 Å². The lowest BCUT2D eigenvalue weighted by molar-refractivity contribution is 0.726. The summed E-state index contributed by atoms with van der Waals surface area (Å²) in [5.41, 5.74) is 1.88. The summed E-state index contributed by atoms with van der Waals surface area (Å²) in [6, 6.07) is 9.98. The smallest absolute Gasteiger partial charge is 0.225 e. The molecule has 16 heavy (non-hydrogen) atoms. The number of hydrogen-bond acceptors (Lipinski definition) is 2. The minimum absolute atomic E-state index is 0.812. The van der Waals surface area contributed by atoms with Gasteiger partial charge in [0.05, 0.1) is 6.21 Å². The van der Waals surface area contributed by atoms with Crippen molar-refractivity contribution < 1.29 is 0 Å². The Bertz CT molecular complexity index is 546. The molecule has 0 amide bonds. The van der Waals surface area contributed by atoms with Crippen molar-refractivity contribution in [2.75, 3.05) is 7.05 Å². The minimum atomic E-state index is 0.812. The highest BCUT2D eigenvalue weighted by Crippen LogP contribution is 1.94. The van der Waals surface area contributed by atoms with Gasteiger partial charge in [-0.25, -0.2) is 4.68 Å². The average molecular weight is 214 g/mol. The summed E-state index contributed by atoms with van der Waals surface area (Å²) in [5, 5.41) is 4.35. The summed E-state index contributed by atoms with van der Waals surface area (Å²) in [7, 11) is 3.70. The third kappa shape index (κ3) is 2.11. The summed E-state index contributed by atoms with van der Waals surface area (Å²) in [6.07, 6.45) is 5.61. The zero-order chi connectivity index (χ0) is 11.4. The third-order valence-electron chi connectivity index (χ3n) is 2.28. The fourth-order valence-electron chi connectivity index (χ4n) is 1.48. The number of rotatable bonds is 2. The van der Waals surface area contributed by atoms with Crippen LogP contribution in [0.3, 0.4) is 0 Å². The highest BCUT2D eigenvalue weighted by Gasteiger charge is 1.93. The number of aromatic nitrogens is 2. The van der Waals surface area contributed by atoms with Gasteiger partial charge in [-0.2, -0.15) is 5.10 Å². The van der Waals surface area contributed by atoms with E-state index in [-0.39, 0.29) is 0 Å². The van der Waals surface area contributed by atoms with Crippen LogP contribution in [-0.2, 0) is 7.05 Å². The Hall–Kier alpha value is -2.10. The molecule has 0 atom stereocenters. The maximum absolute atomic E-state index is 4.35. The quantitative estimate of drug-likeness (QED) is 0.674. The fraction of sp³-hybridized carbons (Fsp3) is 0.167. The summed E-state index contributed by atoms with van der Waals surface area (Å²) in [4.78, 5) is 4.15. The average Bonchev–Trinajstić information content (AvgIpc) is 2.68. The van der Waals surface area contributed by atoms with E-state index >= 15 is 0 Å². The Morgan fingerprint density at radius 3 is 2.56 bits per heavy atom. The van der Waals surface area contributed by atoms with Gasteiger partial charge in [-0.1, -0.05) is 30.3 Å². The van der Waals surface area contributed by atoms with Gasteiger partial charge in [-0.05, 0) is 5.56 Å². The van der Waals surface area contributed by atoms with Gasteiger partial charge in [0, 0.05) is 26.5 Å². The fourth-order valence-corrected chi connectivity index (χ4v) is 1.48. The standard InChI is InChI=1S/C12H14N4/c1-13-12-15(2)8-9-16(12)14-10-11-6-4-3-5-7-11/h3-10H,1-2H3. The number of aryl methyl sites for hydroxylation is 1. The zero-order valence-corrected chi connectivity index (χ0v) is 9.41. The molecule has 0 bridgehead atoms. The van der Waals surface area contributed by atoms with Crippen LogP contribution in [-0.4, -0.2) is 22.5 Å². The molecule has 1 aromatic carbocycles. The molecule has 0 fully saturated rings. The number of benzene rings is 1. The molecule has 4 nitrogen and oxygen atoms in total. The maximum atomic E-state index is 4.35. The highest BCUT2D eigenvalue weighted by molar-refractivity contribution is 5.79. The first-order valence-electron chi connectivity index (χ1n) is 5.07. The van der Waals surface area contributed by atoms with E-state index in [2.05, 4.69) is 10.1 Å². The molecule has 0 radical (unpaired) electrons. The van der Waals surface area contributed by atoms with Gasteiger partial charge >= 0.3 is 0 Å². The van der Waals surface area contributed by atoms with Gasteiger partial charge in [0.25, 0.3) is 0 Å². The molecule has 0 saturated carbocycles. The van der Waals surface area contributed by atoms with E-state index in [0.717, 1.165) is 11.2 Å². The van der Waals surface area contributed by atoms with E-state index in [0.29, 0.717) is 0 Å². The largest absolute Gasteiger partial charge is 0.319 e. The van der Waals surface area contributed by atoms with Crippen molar-refractivity contribution in [3.05, 3.63) is 53.9 Å². The van der Waals surface area contributed by atoms with E-state index in [1.54, 1.807) is 11.7 Å². The molecule has 0 unspecified atom stereocenters. The van der Waals surface area contributed by atoms with E-state index in [9.17, 15) is 0 Å². The first kappa shape index (κ1) is 10.4. The summed E-state index contributed by atoms with van der Waals surface area (Å²) in [6.45, 7) is 0. The van der Waals surface area contributed by atoms with Gasteiger partial charge < -0.3 is 4.57 Å². The van der Waals surface area contributed by atoms with Crippen LogP contribution in [0.5, 0.6) is 0 Å². The molecule has 1 aromatic heterocycles. The predicted molar refractivity (Wildman–Crippen MR) is 64.3 cm³/mol. The van der Waals surface area contributed by atoms with Crippen molar-refractivity contribution in [3.8, 4) is 0 Å². The third-order valence-corrected chi connectivity index (χ3v) is 2.28. The Morgan fingerprint density at radius 2 is 1.88 bits per heavy atom. The zero-order valence-electron chi connectivity index (χ0n) is 9.41. The second-order valence-corrected chi connectivity index (χ2v) is 3.43. The Labute approximate surface area is 94.2 Å². The van der Waals surface area contributed by atoms with E-state index < -0.39 is 0 Å². The molecule has 1 heterocycles. The Morgan fingerprint density at radius 1 is 1.12 bits per heavy atom. The predicted octanol–water partition coefficient (Wildman–Crippen LogP) is 1.24. The molecule has 2 rings (SSSR count). The van der Waals surface area contributed by atoms with Crippen molar-refractivity contribution in [2.45, 2.75) is 0 Å². The van der Waals surface area contributed by atoms with E-state index in [1.165, 1.54) is 0 Å². The number of imidazole rings is 1. The number of hydrogen-bond donors (Lipinski definition) is 0. The second kappa shape index (κ2) is 4.61. The second-order valence-electron chi connectivity index (χ2n) is 3.43. The summed E-state index contributed by atoms with van der Waals surface area (Å²) >= 11 is 0. The van der Waals surface area contributed by atoms with E-state index in [4.69, 9.17) is 0 Å². The van der Waals surface area contributed by atoms with Crippen molar-refractivity contribution in [1.82, 2.24) is 9.24 Å². The first-order valence-corrected chi connectivity index (χ1v) is 5.07. The molecule has 4 heteroatoms. The van der Waals surface area contributed by atoms with Crippen LogP contribution in [0.25, 0.3) is 0 Å². The lowest BCUT2D eigenvalue weighted by atomic mass is 10.2. The van der Waals surface area contributed by atoms with Gasteiger partial charge in [0.15, 0.2) is 0 Å². The normalized spacial score (nSPS) is 12.5. The van der Waals surface area contributed by atoms with Gasteiger partial charge in [0.1, 0.15) is 0 Å². The Kier molecular flexibility index (Phi) is 3.00. The highest BCUT2D eigenvalue weighted by atomic mass is 15.4. The molecule has 2 aromatic rings. The minimum Gasteiger partial charge on any atom is -0.319 e. The lowest BCUT2D eigenvalue weighted by Gasteiger charge is -1.94. The molecule has 0 N–H and O–H groups in total. The number of nitrogens with zero attached hydrogens (tertiary/aromatic N) is 4. The summed E-state index contributed by atoms with van der Waals surface area (Å²) < 4.78 is 3.66. The van der Waals surface area contributed by atoms with Crippen LogP contribution in [0.15, 0.2) is 52.8 Å².